The Labute approximate surface area is 178 Å². The normalized spacial score (nSPS) is 10.5. The number of nitrogens with one attached hydrogen (secondary N) is 1. The largest absolute Gasteiger partial charge is 0.497 e. The number of hydrogen-bond donors (Lipinski definition) is 1. The summed E-state index contributed by atoms with van der Waals surface area (Å²) in [5, 5.41) is 3.22. The minimum atomic E-state index is -0.757. The predicted molar refractivity (Wildman–Crippen MR) is 114 cm³/mol. The van der Waals surface area contributed by atoms with Crippen LogP contribution in [0.4, 0.5) is 0 Å². The summed E-state index contributed by atoms with van der Waals surface area (Å²) < 4.78 is 20.9. The molecule has 0 fully saturated rings. The number of ether oxygens (including phenoxy) is 3. The maximum atomic E-state index is 12.2. The van der Waals surface area contributed by atoms with E-state index in [0.717, 1.165) is 12.8 Å². The fourth-order valence-electron chi connectivity index (χ4n) is 2.76. The fraction of sp³-hybridized carbons (Fsp3) is 0.261. The van der Waals surface area contributed by atoms with E-state index >= 15 is 0 Å². The SMILES string of the molecule is CCCCNC(=O)c1cc2ccc(OC(=O)COc3ccc(OC)cc3)cc2oc1=O. The van der Waals surface area contributed by atoms with Crippen molar-refractivity contribution in [1.29, 1.82) is 0 Å². The number of unbranched alkanes of at least 4 members (excludes halogenated alkanes) is 1. The van der Waals surface area contributed by atoms with Crippen molar-refractivity contribution in [1.82, 2.24) is 5.32 Å². The van der Waals surface area contributed by atoms with Gasteiger partial charge in [-0.15, -0.1) is 0 Å². The lowest BCUT2D eigenvalue weighted by atomic mass is 10.1. The maximum Gasteiger partial charge on any atom is 0.349 e. The van der Waals surface area contributed by atoms with Crippen molar-refractivity contribution < 1.29 is 28.2 Å². The first-order valence-corrected chi connectivity index (χ1v) is 9.84. The van der Waals surface area contributed by atoms with Crippen LogP contribution < -0.4 is 25.2 Å². The van der Waals surface area contributed by atoms with Gasteiger partial charge in [0.05, 0.1) is 7.11 Å². The zero-order valence-corrected chi connectivity index (χ0v) is 17.3. The zero-order valence-electron chi connectivity index (χ0n) is 17.3. The van der Waals surface area contributed by atoms with Gasteiger partial charge in [-0.25, -0.2) is 9.59 Å². The van der Waals surface area contributed by atoms with E-state index in [2.05, 4.69) is 5.32 Å². The Hall–Kier alpha value is -3.81. The highest BCUT2D eigenvalue weighted by molar-refractivity contribution is 5.96. The molecule has 8 heteroatoms. The molecule has 0 aliphatic carbocycles. The maximum absolute atomic E-state index is 12.2. The number of carbonyl (C=O) groups is 2. The molecular weight excluding hydrogens is 402 g/mol. The van der Waals surface area contributed by atoms with Gasteiger partial charge in [-0.2, -0.15) is 0 Å². The molecule has 2 aromatic carbocycles. The minimum Gasteiger partial charge on any atom is -0.497 e. The second-order valence-corrected chi connectivity index (χ2v) is 6.69. The van der Waals surface area contributed by atoms with Gasteiger partial charge in [-0.05, 0) is 48.9 Å². The summed E-state index contributed by atoms with van der Waals surface area (Å²) >= 11 is 0. The summed E-state index contributed by atoms with van der Waals surface area (Å²) in [7, 11) is 1.56. The molecule has 0 spiro atoms. The first-order valence-electron chi connectivity index (χ1n) is 9.84. The summed E-state index contributed by atoms with van der Waals surface area (Å²) in [6.45, 7) is 2.19. The van der Waals surface area contributed by atoms with Crippen LogP contribution in [0.5, 0.6) is 17.2 Å². The fourth-order valence-corrected chi connectivity index (χ4v) is 2.76. The van der Waals surface area contributed by atoms with Gasteiger partial charge in [0.25, 0.3) is 5.91 Å². The van der Waals surface area contributed by atoms with Crippen LogP contribution in [0.2, 0.25) is 0 Å². The molecule has 1 amide bonds. The molecule has 0 atom stereocenters. The van der Waals surface area contributed by atoms with Crippen molar-refractivity contribution in [3.05, 3.63) is 64.5 Å². The molecule has 3 aromatic rings. The van der Waals surface area contributed by atoms with Crippen molar-refractivity contribution in [3.8, 4) is 17.2 Å². The average molecular weight is 425 g/mol. The Morgan fingerprint density at radius 2 is 1.71 bits per heavy atom. The number of esters is 1. The molecule has 0 unspecified atom stereocenters. The van der Waals surface area contributed by atoms with E-state index in [4.69, 9.17) is 18.6 Å². The number of hydrogen-bond acceptors (Lipinski definition) is 7. The van der Waals surface area contributed by atoms with Gasteiger partial charge in [0.15, 0.2) is 6.61 Å². The van der Waals surface area contributed by atoms with Gasteiger partial charge >= 0.3 is 11.6 Å². The number of benzene rings is 2. The van der Waals surface area contributed by atoms with Crippen LogP contribution in [0.3, 0.4) is 0 Å². The van der Waals surface area contributed by atoms with Gasteiger partial charge in [0.1, 0.15) is 28.4 Å². The van der Waals surface area contributed by atoms with E-state index in [-0.39, 0.29) is 23.5 Å². The van der Waals surface area contributed by atoms with E-state index < -0.39 is 17.5 Å². The smallest absolute Gasteiger partial charge is 0.349 e. The summed E-state index contributed by atoms with van der Waals surface area (Å²) in [4.78, 5) is 36.4. The molecule has 1 heterocycles. The molecule has 1 N–H and O–H groups in total. The topological polar surface area (TPSA) is 104 Å². The molecule has 0 radical (unpaired) electrons. The van der Waals surface area contributed by atoms with Crippen molar-refractivity contribution in [3.63, 3.8) is 0 Å². The molecule has 31 heavy (non-hydrogen) atoms. The van der Waals surface area contributed by atoms with Gasteiger partial charge in [-0.3, -0.25) is 4.79 Å². The molecule has 162 valence electrons. The zero-order chi connectivity index (χ0) is 22.2. The number of carbonyl (C=O) groups excluding carboxylic acids is 2. The average Bonchev–Trinajstić information content (AvgIpc) is 2.77. The van der Waals surface area contributed by atoms with Gasteiger partial charge in [0, 0.05) is 18.0 Å². The third-order valence-corrected chi connectivity index (χ3v) is 4.42. The van der Waals surface area contributed by atoms with Crippen LogP contribution >= 0.6 is 0 Å². The molecule has 3 rings (SSSR count). The molecule has 0 aliphatic rings. The van der Waals surface area contributed by atoms with Crippen LogP contribution in [0.25, 0.3) is 11.0 Å². The van der Waals surface area contributed by atoms with E-state index in [9.17, 15) is 14.4 Å². The molecule has 0 saturated heterocycles. The highest BCUT2D eigenvalue weighted by atomic mass is 16.6. The lowest BCUT2D eigenvalue weighted by Crippen LogP contribution is -2.28. The Morgan fingerprint density at radius 1 is 1.00 bits per heavy atom. The lowest BCUT2D eigenvalue weighted by Gasteiger charge is -2.08. The van der Waals surface area contributed by atoms with Crippen LogP contribution in [0, 0.1) is 0 Å². The van der Waals surface area contributed by atoms with Gasteiger partial charge in [-0.1, -0.05) is 13.3 Å². The highest BCUT2D eigenvalue weighted by Gasteiger charge is 2.14. The molecule has 0 aliphatic heterocycles. The predicted octanol–water partition coefficient (Wildman–Crippen LogP) is 3.32. The highest BCUT2D eigenvalue weighted by Crippen LogP contribution is 2.21. The van der Waals surface area contributed by atoms with Crippen molar-refractivity contribution in [2.75, 3.05) is 20.3 Å². The van der Waals surface area contributed by atoms with Crippen molar-refractivity contribution >= 4 is 22.8 Å². The standard InChI is InChI=1S/C23H23NO7/c1-3-4-11-24-22(26)19-12-15-5-6-18(13-20(15)31-23(19)27)30-21(25)14-29-17-9-7-16(28-2)8-10-17/h5-10,12-13H,3-4,11,14H2,1-2H3,(H,24,26). The molecular formula is C23H23NO7. The van der Waals surface area contributed by atoms with Gasteiger partial charge in [0.2, 0.25) is 0 Å². The van der Waals surface area contributed by atoms with Crippen molar-refractivity contribution in [2.24, 2.45) is 0 Å². The molecule has 8 nitrogen and oxygen atoms in total. The summed E-state index contributed by atoms with van der Waals surface area (Å²) in [6.07, 6.45) is 1.75. The van der Waals surface area contributed by atoms with Crippen LogP contribution in [0.15, 0.2) is 57.7 Å². The van der Waals surface area contributed by atoms with E-state index in [0.29, 0.717) is 23.4 Å². The van der Waals surface area contributed by atoms with E-state index in [1.807, 2.05) is 6.92 Å². The first-order chi connectivity index (χ1) is 15.0. The summed E-state index contributed by atoms with van der Waals surface area (Å²) in [6, 6.07) is 12.8. The minimum absolute atomic E-state index is 0.0683. The van der Waals surface area contributed by atoms with Crippen LogP contribution in [-0.4, -0.2) is 32.1 Å². The number of fused-ring (bicyclic) bond motifs is 1. The second-order valence-electron chi connectivity index (χ2n) is 6.69. The van der Waals surface area contributed by atoms with Gasteiger partial charge < -0.3 is 23.9 Å². The van der Waals surface area contributed by atoms with Crippen molar-refractivity contribution in [2.45, 2.75) is 19.8 Å². The van der Waals surface area contributed by atoms with Crippen LogP contribution in [0.1, 0.15) is 30.1 Å². The Balaban J connectivity index is 1.64. The second kappa shape index (κ2) is 10.3. The summed E-state index contributed by atoms with van der Waals surface area (Å²) in [5.41, 5.74) is -0.620. The number of amides is 1. The molecule has 1 aromatic heterocycles. The molecule has 0 bridgehead atoms. The quantitative estimate of drug-likeness (QED) is 0.243. The first kappa shape index (κ1) is 21.9. The summed E-state index contributed by atoms with van der Waals surface area (Å²) in [5.74, 6) is 0.264. The number of methoxy groups -OCH3 is 1. The van der Waals surface area contributed by atoms with E-state index in [1.165, 1.54) is 12.1 Å². The molecule has 0 saturated carbocycles. The van der Waals surface area contributed by atoms with E-state index in [1.54, 1.807) is 43.5 Å². The third kappa shape index (κ3) is 5.85. The Kier molecular flexibility index (Phi) is 7.26. The number of rotatable bonds is 9. The van der Waals surface area contributed by atoms with Crippen LogP contribution in [-0.2, 0) is 4.79 Å². The monoisotopic (exact) mass is 425 g/mol. The third-order valence-electron chi connectivity index (χ3n) is 4.42. The lowest BCUT2D eigenvalue weighted by molar-refractivity contribution is -0.136. The Bertz CT molecular complexity index is 1120. The Morgan fingerprint density at radius 3 is 2.42 bits per heavy atom.